The Labute approximate surface area is 146 Å². The molecule has 3 rings (SSSR count). The van der Waals surface area contributed by atoms with Gasteiger partial charge in [0, 0.05) is 28.8 Å². The van der Waals surface area contributed by atoms with Crippen LogP contribution in [0.3, 0.4) is 0 Å². The van der Waals surface area contributed by atoms with Crippen LogP contribution in [-0.4, -0.2) is 20.9 Å². The van der Waals surface area contributed by atoms with Gasteiger partial charge in [-0.3, -0.25) is 4.79 Å². The zero-order valence-electron chi connectivity index (χ0n) is 14.4. The molecule has 2 aromatic heterocycles. The number of nitrogens with one attached hydrogen (secondary N) is 2. The summed E-state index contributed by atoms with van der Waals surface area (Å²) in [6, 6.07) is 12.7. The number of aryl methyl sites for hydroxylation is 3. The number of carbonyl (C=O) groups excluding carboxylic acids is 1. The Morgan fingerprint density at radius 1 is 0.920 bits per heavy atom. The van der Waals surface area contributed by atoms with Gasteiger partial charge < -0.3 is 10.6 Å². The summed E-state index contributed by atoms with van der Waals surface area (Å²) in [6.45, 7) is 5.80. The summed E-state index contributed by atoms with van der Waals surface area (Å²) in [7, 11) is 0. The van der Waals surface area contributed by atoms with Crippen LogP contribution in [0.25, 0.3) is 0 Å². The van der Waals surface area contributed by atoms with E-state index >= 15 is 0 Å². The molecule has 0 unspecified atom stereocenters. The van der Waals surface area contributed by atoms with E-state index in [1.165, 1.54) is 0 Å². The molecule has 6 heteroatoms. The van der Waals surface area contributed by atoms with Gasteiger partial charge in [-0.05, 0) is 68.8 Å². The monoisotopic (exact) mass is 333 g/mol. The van der Waals surface area contributed by atoms with Crippen molar-refractivity contribution in [3.63, 3.8) is 0 Å². The molecule has 0 spiro atoms. The van der Waals surface area contributed by atoms with Gasteiger partial charge in [-0.15, -0.1) is 0 Å². The molecule has 126 valence electrons. The third-order valence-corrected chi connectivity index (χ3v) is 3.54. The highest BCUT2D eigenvalue weighted by Crippen LogP contribution is 2.16. The highest BCUT2D eigenvalue weighted by molar-refractivity contribution is 6.04. The van der Waals surface area contributed by atoms with Crippen LogP contribution in [-0.2, 0) is 0 Å². The minimum atomic E-state index is -0.202. The predicted octanol–water partition coefficient (Wildman–Crippen LogP) is 3.79. The van der Waals surface area contributed by atoms with Gasteiger partial charge in [-0.2, -0.15) is 0 Å². The minimum absolute atomic E-state index is 0.202. The first kappa shape index (κ1) is 16.6. The lowest BCUT2D eigenvalue weighted by Crippen LogP contribution is -2.13. The summed E-state index contributed by atoms with van der Waals surface area (Å²) >= 11 is 0. The second-order valence-electron chi connectivity index (χ2n) is 5.85. The SMILES string of the molecule is Cc1ccnc(NC(=O)c2ccc(Nc3nc(C)cc(C)n3)cc2)c1. The van der Waals surface area contributed by atoms with Crippen molar-refractivity contribution in [3.8, 4) is 0 Å². The van der Waals surface area contributed by atoms with Crippen LogP contribution in [0.4, 0.5) is 17.5 Å². The summed E-state index contributed by atoms with van der Waals surface area (Å²) < 4.78 is 0. The van der Waals surface area contributed by atoms with Gasteiger partial charge in [-0.1, -0.05) is 0 Å². The summed E-state index contributed by atoms with van der Waals surface area (Å²) in [5.41, 5.74) is 4.21. The van der Waals surface area contributed by atoms with Crippen LogP contribution in [0.15, 0.2) is 48.7 Å². The lowest BCUT2D eigenvalue weighted by Gasteiger charge is -2.08. The van der Waals surface area contributed by atoms with E-state index in [1.807, 2.05) is 51.1 Å². The Kier molecular flexibility index (Phi) is 4.70. The van der Waals surface area contributed by atoms with E-state index in [0.717, 1.165) is 22.6 Å². The zero-order valence-corrected chi connectivity index (χ0v) is 14.4. The van der Waals surface area contributed by atoms with Crippen molar-refractivity contribution < 1.29 is 4.79 Å². The van der Waals surface area contributed by atoms with Crippen LogP contribution >= 0.6 is 0 Å². The minimum Gasteiger partial charge on any atom is -0.324 e. The number of carbonyl (C=O) groups is 1. The third-order valence-electron chi connectivity index (χ3n) is 3.54. The molecule has 0 aliphatic carbocycles. The smallest absolute Gasteiger partial charge is 0.256 e. The summed E-state index contributed by atoms with van der Waals surface area (Å²) in [6.07, 6.45) is 1.67. The number of hydrogen-bond acceptors (Lipinski definition) is 5. The van der Waals surface area contributed by atoms with Gasteiger partial charge in [0.2, 0.25) is 5.95 Å². The number of amides is 1. The molecule has 1 aromatic carbocycles. The van der Waals surface area contributed by atoms with E-state index in [9.17, 15) is 4.79 Å². The van der Waals surface area contributed by atoms with E-state index in [0.29, 0.717) is 17.3 Å². The average Bonchev–Trinajstić information content (AvgIpc) is 2.54. The molecule has 25 heavy (non-hydrogen) atoms. The quantitative estimate of drug-likeness (QED) is 0.759. The van der Waals surface area contributed by atoms with Crippen molar-refractivity contribution in [1.82, 2.24) is 15.0 Å². The Morgan fingerprint density at radius 2 is 1.60 bits per heavy atom. The molecule has 0 radical (unpaired) electrons. The van der Waals surface area contributed by atoms with Gasteiger partial charge in [-0.25, -0.2) is 15.0 Å². The number of rotatable bonds is 4. The molecule has 1 amide bonds. The van der Waals surface area contributed by atoms with Gasteiger partial charge in [0.15, 0.2) is 0 Å². The van der Waals surface area contributed by atoms with E-state index in [4.69, 9.17) is 0 Å². The Balaban J connectivity index is 1.70. The first-order chi connectivity index (χ1) is 12.0. The Bertz CT molecular complexity index is 886. The van der Waals surface area contributed by atoms with Crippen molar-refractivity contribution in [2.24, 2.45) is 0 Å². The van der Waals surface area contributed by atoms with Crippen molar-refractivity contribution >= 4 is 23.4 Å². The second-order valence-corrected chi connectivity index (χ2v) is 5.85. The summed E-state index contributed by atoms with van der Waals surface area (Å²) in [5.74, 6) is 0.877. The maximum absolute atomic E-state index is 12.3. The fraction of sp³-hybridized carbons (Fsp3) is 0.158. The van der Waals surface area contributed by atoms with Crippen molar-refractivity contribution in [1.29, 1.82) is 0 Å². The number of aromatic nitrogens is 3. The normalized spacial score (nSPS) is 10.4. The molecule has 0 aliphatic rings. The van der Waals surface area contributed by atoms with Gasteiger partial charge in [0.1, 0.15) is 5.82 Å². The molecule has 2 N–H and O–H groups in total. The van der Waals surface area contributed by atoms with Gasteiger partial charge in [0.25, 0.3) is 5.91 Å². The van der Waals surface area contributed by atoms with E-state index < -0.39 is 0 Å². The molecule has 0 saturated carbocycles. The maximum atomic E-state index is 12.3. The molecule has 0 fully saturated rings. The van der Waals surface area contributed by atoms with Crippen molar-refractivity contribution in [2.45, 2.75) is 20.8 Å². The van der Waals surface area contributed by atoms with Gasteiger partial charge >= 0.3 is 0 Å². The second kappa shape index (κ2) is 7.09. The predicted molar refractivity (Wildman–Crippen MR) is 98.2 cm³/mol. The third kappa shape index (κ3) is 4.38. The lowest BCUT2D eigenvalue weighted by molar-refractivity contribution is 0.102. The fourth-order valence-corrected chi connectivity index (χ4v) is 2.41. The standard InChI is InChI=1S/C19H19N5O/c1-12-8-9-20-17(10-12)24-18(25)15-4-6-16(7-5-15)23-19-21-13(2)11-14(3)22-19/h4-11H,1-3H3,(H,20,24,25)(H,21,22,23). The number of benzene rings is 1. The summed E-state index contributed by atoms with van der Waals surface area (Å²) in [4.78, 5) is 25.1. The molecule has 0 bridgehead atoms. The summed E-state index contributed by atoms with van der Waals surface area (Å²) in [5, 5.41) is 5.93. The van der Waals surface area contributed by atoms with Crippen LogP contribution < -0.4 is 10.6 Å². The number of nitrogens with zero attached hydrogens (tertiary/aromatic N) is 3. The number of pyridine rings is 1. The number of anilines is 3. The highest BCUT2D eigenvalue weighted by atomic mass is 16.1. The Hall–Kier alpha value is -3.28. The van der Waals surface area contributed by atoms with E-state index in [2.05, 4.69) is 25.6 Å². The highest BCUT2D eigenvalue weighted by Gasteiger charge is 2.07. The van der Waals surface area contributed by atoms with Gasteiger partial charge in [0.05, 0.1) is 0 Å². The first-order valence-electron chi connectivity index (χ1n) is 7.93. The maximum Gasteiger partial charge on any atom is 0.256 e. The molecule has 2 heterocycles. The van der Waals surface area contributed by atoms with E-state index in [-0.39, 0.29) is 5.91 Å². The van der Waals surface area contributed by atoms with Crippen LogP contribution in [0.1, 0.15) is 27.3 Å². The average molecular weight is 333 g/mol. The fourth-order valence-electron chi connectivity index (χ4n) is 2.41. The molecule has 0 saturated heterocycles. The molecular weight excluding hydrogens is 314 g/mol. The Morgan fingerprint density at radius 3 is 2.24 bits per heavy atom. The van der Waals surface area contributed by atoms with Crippen LogP contribution in [0.5, 0.6) is 0 Å². The van der Waals surface area contributed by atoms with E-state index in [1.54, 1.807) is 18.3 Å². The van der Waals surface area contributed by atoms with Crippen molar-refractivity contribution in [2.75, 3.05) is 10.6 Å². The van der Waals surface area contributed by atoms with Crippen molar-refractivity contribution in [3.05, 3.63) is 71.2 Å². The molecule has 0 atom stereocenters. The number of hydrogen-bond donors (Lipinski definition) is 2. The van der Waals surface area contributed by atoms with Crippen LogP contribution in [0.2, 0.25) is 0 Å². The zero-order chi connectivity index (χ0) is 17.8. The lowest BCUT2D eigenvalue weighted by atomic mass is 10.2. The molecule has 3 aromatic rings. The molecular formula is C19H19N5O. The molecule has 0 aliphatic heterocycles. The topological polar surface area (TPSA) is 79.8 Å². The first-order valence-corrected chi connectivity index (χ1v) is 7.93. The largest absolute Gasteiger partial charge is 0.324 e. The van der Waals surface area contributed by atoms with Crippen LogP contribution in [0, 0.1) is 20.8 Å². The molecule has 6 nitrogen and oxygen atoms in total.